The molecule has 2 heterocycles. The molecule has 438 valence electrons. The Morgan fingerprint density at radius 3 is 0.467 bits per heavy atom. The molecule has 0 aliphatic rings. The summed E-state index contributed by atoms with van der Waals surface area (Å²) in [5, 5.41) is 0. The highest BCUT2D eigenvalue weighted by molar-refractivity contribution is 7.19. The Hall–Kier alpha value is -11.5. The van der Waals surface area contributed by atoms with E-state index in [9.17, 15) is 0 Å². The quantitative estimate of drug-likeness (QED) is 0.0849. The molecule has 0 unspecified atom stereocenters. The highest BCUT2D eigenvalue weighted by atomic mass is 32.1. The summed E-state index contributed by atoms with van der Waals surface area (Å²) >= 11 is 3.65. The molecule has 0 saturated carbocycles. The zero-order valence-electron chi connectivity index (χ0n) is 50.4. The van der Waals surface area contributed by atoms with E-state index in [0.717, 1.165) is 90.5 Å². The molecule has 2 aromatic heterocycles. The van der Waals surface area contributed by atoms with Gasteiger partial charge in [-0.15, -0.1) is 22.7 Å². The molecule has 0 aliphatic heterocycles. The van der Waals surface area contributed by atoms with Crippen LogP contribution in [-0.2, 0) is 0 Å². The van der Waals surface area contributed by atoms with Crippen LogP contribution in [0.25, 0.3) is 64.0 Å². The smallest absolute Gasteiger partial charge is 0.0463 e. The summed E-state index contributed by atoms with van der Waals surface area (Å²) in [7, 11) is 0. The van der Waals surface area contributed by atoms with Crippen LogP contribution in [0.4, 0.5) is 68.2 Å². The Kier molecular flexibility index (Phi) is 16.3. The third-order valence-electron chi connectivity index (χ3n) is 16.7. The summed E-state index contributed by atoms with van der Waals surface area (Å²) in [5.41, 5.74) is 22.5. The van der Waals surface area contributed by atoms with E-state index in [1.54, 1.807) is 0 Å². The predicted octanol–water partition coefficient (Wildman–Crippen LogP) is 25.7. The van der Waals surface area contributed by atoms with Gasteiger partial charge in [-0.25, -0.2) is 0 Å². The molecule has 0 amide bonds. The molecule has 6 heteroatoms. The van der Waals surface area contributed by atoms with Crippen LogP contribution in [0.2, 0.25) is 0 Å². The van der Waals surface area contributed by atoms with Crippen molar-refractivity contribution in [3.05, 3.63) is 376 Å². The fourth-order valence-electron chi connectivity index (χ4n) is 12.1. The van der Waals surface area contributed by atoms with Gasteiger partial charge >= 0.3 is 0 Å². The van der Waals surface area contributed by atoms with Crippen molar-refractivity contribution >= 4 is 90.9 Å². The molecule has 0 bridgehead atoms. The number of benzene rings is 13. The van der Waals surface area contributed by atoms with Crippen LogP contribution in [0.3, 0.4) is 0 Å². The van der Waals surface area contributed by atoms with Gasteiger partial charge in [0.25, 0.3) is 0 Å². The third kappa shape index (κ3) is 12.2. The number of para-hydroxylation sites is 4. The van der Waals surface area contributed by atoms with Gasteiger partial charge in [0.15, 0.2) is 0 Å². The van der Waals surface area contributed by atoms with E-state index in [2.05, 4.69) is 396 Å². The maximum absolute atomic E-state index is 2.33. The molecule has 13 aromatic carbocycles. The summed E-state index contributed by atoms with van der Waals surface area (Å²) in [5.74, 6) is 0. The average Bonchev–Trinajstić information content (AvgIpc) is 1.45. The maximum Gasteiger partial charge on any atom is 0.0463 e. The van der Waals surface area contributed by atoms with Crippen molar-refractivity contribution in [1.82, 2.24) is 0 Å². The van der Waals surface area contributed by atoms with Crippen LogP contribution in [0.15, 0.2) is 376 Å². The normalized spacial score (nSPS) is 11.0. The fraction of sp³-hybridized carbons (Fsp3) is 0. The highest BCUT2D eigenvalue weighted by Crippen LogP contribution is 2.44. The van der Waals surface area contributed by atoms with E-state index in [-0.39, 0.29) is 0 Å². The highest BCUT2D eigenvalue weighted by Gasteiger charge is 2.20. The van der Waals surface area contributed by atoms with E-state index >= 15 is 0 Å². The number of hydrogen-bond acceptors (Lipinski definition) is 6. The van der Waals surface area contributed by atoms with Gasteiger partial charge in [0, 0.05) is 87.8 Å². The van der Waals surface area contributed by atoms with Gasteiger partial charge in [0.2, 0.25) is 0 Å². The van der Waals surface area contributed by atoms with Gasteiger partial charge < -0.3 is 19.6 Å². The minimum absolute atomic E-state index is 1.07. The molecule has 0 radical (unpaired) electrons. The standard InChI is InChI=1S/C86H62N4S2/c1-7-19-67(20-8-1)83-59-61-85(91-83)69-39-47-77(48-40-69)89(73-27-15-5-16-28-73)81-55-51-79(52-56-81)87(71-23-11-3-12-24-71)75-43-35-65(36-44-75)63-31-33-64(34-32-63)66-37-45-76(46-38-66)88(72-25-13-4-14-26-72)80-53-57-82(58-54-80)90(74-29-17-6-18-30-74)78-49-41-70(42-50-78)86-62-60-84(92-86)68-21-9-2-10-22-68/h1-62H. The SMILES string of the molecule is c1ccc(-c2ccc(-c3ccc(N(c4ccccc4)c4ccc(N(c5ccccc5)c5ccc(-c6ccc(-c7ccc(N(c8ccccc8)c8ccc(N(c9ccccc9)c9ccc(-c%10ccc(-c%11ccccc%11)s%10)cc9)cc8)cc7)cc6)cc5)cc4)cc3)s2)cc1. The zero-order valence-corrected chi connectivity index (χ0v) is 52.0. The van der Waals surface area contributed by atoms with Crippen molar-refractivity contribution in [2.75, 3.05) is 19.6 Å². The number of anilines is 12. The predicted molar refractivity (Wildman–Crippen MR) is 394 cm³/mol. The van der Waals surface area contributed by atoms with Gasteiger partial charge in [0.1, 0.15) is 0 Å². The summed E-state index contributed by atoms with van der Waals surface area (Å²) < 4.78 is 0. The maximum atomic E-state index is 2.33. The second kappa shape index (κ2) is 26.3. The Balaban J connectivity index is 0.653. The van der Waals surface area contributed by atoms with E-state index in [4.69, 9.17) is 0 Å². The Morgan fingerprint density at radius 1 is 0.120 bits per heavy atom. The first-order valence-electron chi connectivity index (χ1n) is 31.0. The van der Waals surface area contributed by atoms with E-state index in [1.807, 2.05) is 22.7 Å². The molecule has 0 fully saturated rings. The van der Waals surface area contributed by atoms with Crippen LogP contribution in [-0.4, -0.2) is 0 Å². The first-order valence-corrected chi connectivity index (χ1v) is 32.7. The van der Waals surface area contributed by atoms with E-state index < -0.39 is 0 Å². The molecule has 4 nitrogen and oxygen atoms in total. The number of thiophene rings is 2. The lowest BCUT2D eigenvalue weighted by Crippen LogP contribution is -2.12. The van der Waals surface area contributed by atoms with Crippen molar-refractivity contribution in [2.45, 2.75) is 0 Å². The first kappa shape index (κ1) is 56.9. The summed E-state index contributed by atoms with van der Waals surface area (Å²) in [4.78, 5) is 14.4. The topological polar surface area (TPSA) is 13.0 Å². The fourth-order valence-corrected chi connectivity index (χ4v) is 14.1. The molecule has 15 rings (SSSR count). The molecular weight excluding hydrogens is 1150 g/mol. The zero-order chi connectivity index (χ0) is 61.4. The van der Waals surface area contributed by atoms with Gasteiger partial charge in [-0.05, 0) is 214 Å². The largest absolute Gasteiger partial charge is 0.311 e. The Labute approximate surface area is 547 Å². The van der Waals surface area contributed by atoms with Gasteiger partial charge in [-0.2, -0.15) is 0 Å². The van der Waals surface area contributed by atoms with Crippen LogP contribution >= 0.6 is 22.7 Å². The second-order valence-electron chi connectivity index (χ2n) is 22.5. The Morgan fingerprint density at radius 2 is 0.261 bits per heavy atom. The molecule has 0 spiro atoms. The minimum atomic E-state index is 1.07. The summed E-state index contributed by atoms with van der Waals surface area (Å²) in [6.45, 7) is 0. The van der Waals surface area contributed by atoms with Crippen LogP contribution < -0.4 is 19.6 Å². The number of nitrogens with zero attached hydrogens (tertiary/aromatic N) is 4. The van der Waals surface area contributed by atoms with Crippen molar-refractivity contribution < 1.29 is 0 Å². The minimum Gasteiger partial charge on any atom is -0.311 e. The van der Waals surface area contributed by atoms with Gasteiger partial charge in [-0.1, -0.05) is 206 Å². The van der Waals surface area contributed by atoms with Crippen molar-refractivity contribution in [3.63, 3.8) is 0 Å². The number of rotatable bonds is 18. The number of hydrogen-bond donors (Lipinski definition) is 0. The monoisotopic (exact) mass is 1210 g/mol. The summed E-state index contributed by atoms with van der Waals surface area (Å²) in [6.07, 6.45) is 0. The Bertz CT molecular complexity index is 4520. The van der Waals surface area contributed by atoms with Crippen molar-refractivity contribution in [3.8, 4) is 64.0 Å². The average molecular weight is 1220 g/mol. The van der Waals surface area contributed by atoms with E-state index in [1.165, 1.54) is 41.8 Å². The van der Waals surface area contributed by atoms with Crippen LogP contribution in [0, 0.1) is 0 Å². The lowest BCUT2D eigenvalue weighted by Gasteiger charge is -2.28. The van der Waals surface area contributed by atoms with Crippen molar-refractivity contribution in [1.29, 1.82) is 0 Å². The second-order valence-corrected chi connectivity index (χ2v) is 24.7. The molecule has 92 heavy (non-hydrogen) atoms. The van der Waals surface area contributed by atoms with Crippen LogP contribution in [0.1, 0.15) is 0 Å². The lowest BCUT2D eigenvalue weighted by molar-refractivity contribution is 1.26. The molecular formula is C86H62N4S2. The van der Waals surface area contributed by atoms with E-state index in [0.29, 0.717) is 0 Å². The molecule has 0 saturated heterocycles. The lowest BCUT2D eigenvalue weighted by atomic mass is 9.99. The molecule has 0 N–H and O–H groups in total. The molecule has 15 aromatic rings. The third-order valence-corrected chi connectivity index (χ3v) is 19.1. The van der Waals surface area contributed by atoms with Gasteiger partial charge in [0.05, 0.1) is 0 Å². The first-order chi connectivity index (χ1) is 45.6. The van der Waals surface area contributed by atoms with Crippen molar-refractivity contribution in [2.24, 2.45) is 0 Å². The summed E-state index contributed by atoms with van der Waals surface area (Å²) in [6, 6.07) is 135. The molecule has 0 aliphatic carbocycles. The van der Waals surface area contributed by atoms with Crippen LogP contribution in [0.5, 0.6) is 0 Å². The molecule has 0 atom stereocenters. The van der Waals surface area contributed by atoms with Gasteiger partial charge in [-0.3, -0.25) is 0 Å².